The van der Waals surface area contributed by atoms with Crippen molar-refractivity contribution in [3.63, 3.8) is 0 Å². The molecule has 0 aliphatic heterocycles. The van der Waals surface area contributed by atoms with Crippen LogP contribution in [0.2, 0.25) is 0 Å². The second-order valence-electron chi connectivity index (χ2n) is 7.34. The van der Waals surface area contributed by atoms with Crippen molar-refractivity contribution in [3.8, 4) is 11.3 Å². The number of hydrogen-bond acceptors (Lipinski definition) is 3. The summed E-state index contributed by atoms with van der Waals surface area (Å²) in [7, 11) is -2.35. The number of sulfonamides is 1. The summed E-state index contributed by atoms with van der Waals surface area (Å²) >= 11 is 0. The van der Waals surface area contributed by atoms with E-state index in [0.717, 1.165) is 25.0 Å². The van der Waals surface area contributed by atoms with Crippen LogP contribution in [0.3, 0.4) is 0 Å². The van der Waals surface area contributed by atoms with E-state index < -0.39 is 21.8 Å². The standard InChI is InChI=1S/C21H20F3N3O2S/c1-25-30(28,29)18-8-5-15(9-14-3-2-4-16(10-14)21(22,23)24)19(11-18)20-12-27(13-26-20)17-6-7-17/h2-5,8,10-13,17,25H,6-7,9H2,1H3. The first kappa shape index (κ1) is 20.6. The fourth-order valence-corrected chi connectivity index (χ4v) is 4.11. The van der Waals surface area contributed by atoms with Gasteiger partial charge in [-0.1, -0.05) is 24.3 Å². The number of alkyl halides is 3. The van der Waals surface area contributed by atoms with Crippen molar-refractivity contribution >= 4 is 10.0 Å². The Bertz CT molecular complexity index is 1180. The Balaban J connectivity index is 1.77. The second-order valence-corrected chi connectivity index (χ2v) is 9.23. The molecule has 1 N–H and O–H groups in total. The molecule has 0 atom stereocenters. The van der Waals surface area contributed by atoms with E-state index in [9.17, 15) is 21.6 Å². The first-order valence-electron chi connectivity index (χ1n) is 9.44. The molecular formula is C21H20F3N3O2S. The highest BCUT2D eigenvalue weighted by atomic mass is 32.2. The van der Waals surface area contributed by atoms with Crippen LogP contribution in [-0.2, 0) is 22.6 Å². The maximum absolute atomic E-state index is 13.1. The van der Waals surface area contributed by atoms with E-state index >= 15 is 0 Å². The highest BCUT2D eigenvalue weighted by Gasteiger charge is 2.30. The Morgan fingerprint density at radius 3 is 2.60 bits per heavy atom. The first-order valence-corrected chi connectivity index (χ1v) is 10.9. The number of rotatable bonds is 6. The van der Waals surface area contributed by atoms with Crippen LogP contribution in [0.25, 0.3) is 11.3 Å². The van der Waals surface area contributed by atoms with E-state index in [4.69, 9.17) is 0 Å². The lowest BCUT2D eigenvalue weighted by atomic mass is 9.97. The summed E-state index contributed by atoms with van der Waals surface area (Å²) in [5.74, 6) is 0. The van der Waals surface area contributed by atoms with Crippen LogP contribution in [0.15, 0.2) is 59.9 Å². The van der Waals surface area contributed by atoms with Gasteiger partial charge in [0, 0.05) is 17.8 Å². The quantitative estimate of drug-likeness (QED) is 0.624. The second kappa shape index (κ2) is 7.55. The smallest absolute Gasteiger partial charge is 0.334 e. The fraction of sp³-hybridized carbons (Fsp3) is 0.286. The molecule has 1 aliphatic carbocycles. The zero-order chi connectivity index (χ0) is 21.5. The minimum absolute atomic E-state index is 0.0776. The number of nitrogens with one attached hydrogen (secondary N) is 1. The molecule has 2 aromatic carbocycles. The maximum atomic E-state index is 13.1. The van der Waals surface area contributed by atoms with Crippen molar-refractivity contribution in [1.82, 2.24) is 14.3 Å². The van der Waals surface area contributed by atoms with Gasteiger partial charge in [-0.25, -0.2) is 18.1 Å². The molecule has 1 aliphatic rings. The number of imidazole rings is 1. The molecular weight excluding hydrogens is 415 g/mol. The molecule has 0 spiro atoms. The summed E-state index contributed by atoms with van der Waals surface area (Å²) in [6.45, 7) is 0. The third-order valence-electron chi connectivity index (χ3n) is 5.16. The first-order chi connectivity index (χ1) is 14.2. The van der Waals surface area contributed by atoms with Crippen LogP contribution in [0.4, 0.5) is 13.2 Å². The minimum atomic E-state index is -4.42. The zero-order valence-corrected chi connectivity index (χ0v) is 17.0. The molecule has 1 aromatic heterocycles. The summed E-state index contributed by atoms with van der Waals surface area (Å²) in [6, 6.07) is 10.2. The van der Waals surface area contributed by atoms with E-state index in [1.807, 2.05) is 10.8 Å². The summed E-state index contributed by atoms with van der Waals surface area (Å²) in [5, 5.41) is 0. The van der Waals surface area contributed by atoms with Crippen molar-refractivity contribution < 1.29 is 21.6 Å². The molecule has 1 heterocycles. The Morgan fingerprint density at radius 2 is 1.93 bits per heavy atom. The van der Waals surface area contributed by atoms with Gasteiger partial charge in [0.25, 0.3) is 0 Å². The Hall–Kier alpha value is -2.65. The van der Waals surface area contributed by atoms with Gasteiger partial charge in [0.2, 0.25) is 10.0 Å². The number of benzene rings is 2. The van der Waals surface area contributed by atoms with E-state index in [-0.39, 0.29) is 11.3 Å². The van der Waals surface area contributed by atoms with Crippen molar-refractivity contribution in [3.05, 3.63) is 71.7 Å². The van der Waals surface area contributed by atoms with E-state index in [1.54, 1.807) is 18.5 Å². The van der Waals surface area contributed by atoms with Crippen molar-refractivity contribution in [2.24, 2.45) is 0 Å². The molecule has 1 fully saturated rings. The van der Waals surface area contributed by atoms with Gasteiger partial charge in [-0.3, -0.25) is 0 Å². The summed E-state index contributed by atoms with van der Waals surface area (Å²) in [4.78, 5) is 4.50. The topological polar surface area (TPSA) is 64.0 Å². The molecule has 9 heteroatoms. The van der Waals surface area contributed by atoms with Crippen molar-refractivity contribution in [1.29, 1.82) is 0 Å². The van der Waals surface area contributed by atoms with Crippen LogP contribution in [0, 0.1) is 0 Å². The lowest BCUT2D eigenvalue weighted by Crippen LogP contribution is -2.18. The zero-order valence-electron chi connectivity index (χ0n) is 16.1. The average molecular weight is 435 g/mol. The highest BCUT2D eigenvalue weighted by molar-refractivity contribution is 7.89. The summed E-state index contributed by atoms with van der Waals surface area (Å²) in [6.07, 6.45) is 1.50. The summed E-state index contributed by atoms with van der Waals surface area (Å²) < 4.78 is 68.0. The lowest BCUT2D eigenvalue weighted by Gasteiger charge is -2.13. The van der Waals surface area contributed by atoms with Gasteiger partial charge < -0.3 is 4.57 Å². The van der Waals surface area contributed by atoms with Crippen LogP contribution in [0.5, 0.6) is 0 Å². The van der Waals surface area contributed by atoms with Gasteiger partial charge >= 0.3 is 6.18 Å². The van der Waals surface area contributed by atoms with Gasteiger partial charge in [0.15, 0.2) is 0 Å². The highest BCUT2D eigenvalue weighted by Crippen LogP contribution is 2.37. The van der Waals surface area contributed by atoms with Crippen LogP contribution < -0.4 is 4.72 Å². The van der Waals surface area contributed by atoms with Gasteiger partial charge in [0.05, 0.1) is 22.5 Å². The molecule has 0 saturated heterocycles. The molecule has 5 nitrogen and oxygen atoms in total. The number of hydrogen-bond donors (Lipinski definition) is 1. The van der Waals surface area contributed by atoms with Crippen LogP contribution in [0.1, 0.15) is 35.6 Å². The molecule has 3 aromatic rings. The monoisotopic (exact) mass is 435 g/mol. The molecule has 4 rings (SSSR count). The largest absolute Gasteiger partial charge is 0.416 e. The van der Waals surface area contributed by atoms with Crippen LogP contribution in [-0.4, -0.2) is 25.0 Å². The van der Waals surface area contributed by atoms with E-state index in [0.29, 0.717) is 28.4 Å². The fourth-order valence-electron chi connectivity index (χ4n) is 3.36. The van der Waals surface area contributed by atoms with Gasteiger partial charge in [-0.15, -0.1) is 0 Å². The molecule has 1 saturated carbocycles. The van der Waals surface area contributed by atoms with Crippen molar-refractivity contribution in [2.45, 2.75) is 36.4 Å². The molecule has 0 bridgehead atoms. The number of aromatic nitrogens is 2. The molecule has 0 amide bonds. The molecule has 0 unspecified atom stereocenters. The number of halogens is 3. The predicted molar refractivity (Wildman–Crippen MR) is 106 cm³/mol. The molecule has 0 radical (unpaired) electrons. The number of nitrogens with zero attached hydrogens (tertiary/aromatic N) is 2. The van der Waals surface area contributed by atoms with Gasteiger partial charge in [-0.2, -0.15) is 13.2 Å². The normalized spacial score (nSPS) is 14.8. The van der Waals surface area contributed by atoms with Gasteiger partial charge in [-0.05, 0) is 55.6 Å². The van der Waals surface area contributed by atoms with E-state index in [1.165, 1.54) is 25.2 Å². The van der Waals surface area contributed by atoms with Crippen molar-refractivity contribution in [2.75, 3.05) is 7.05 Å². The minimum Gasteiger partial charge on any atom is -0.334 e. The molecule has 158 valence electrons. The maximum Gasteiger partial charge on any atom is 0.416 e. The Labute approximate surface area is 172 Å². The molecule has 30 heavy (non-hydrogen) atoms. The van der Waals surface area contributed by atoms with Gasteiger partial charge in [0.1, 0.15) is 0 Å². The predicted octanol–water partition coefficient (Wildman–Crippen LogP) is 4.40. The SMILES string of the molecule is CNS(=O)(=O)c1ccc(Cc2cccc(C(F)(F)F)c2)c(-c2cn(C3CC3)cn2)c1. The average Bonchev–Trinajstić information content (AvgIpc) is 3.45. The lowest BCUT2D eigenvalue weighted by molar-refractivity contribution is -0.137. The van der Waals surface area contributed by atoms with Crippen LogP contribution >= 0.6 is 0 Å². The van der Waals surface area contributed by atoms with E-state index in [2.05, 4.69) is 9.71 Å². The summed E-state index contributed by atoms with van der Waals surface area (Å²) in [5.41, 5.74) is 1.65. The Kier molecular flexibility index (Phi) is 5.19. The Morgan fingerprint density at radius 1 is 1.17 bits per heavy atom. The third-order valence-corrected chi connectivity index (χ3v) is 6.57. The third kappa shape index (κ3) is 4.27.